The number of pyridine rings is 1. The summed E-state index contributed by atoms with van der Waals surface area (Å²) < 4.78 is 5.43. The second-order valence-corrected chi connectivity index (χ2v) is 7.96. The van der Waals surface area contributed by atoms with Crippen molar-refractivity contribution in [2.24, 2.45) is 0 Å². The largest absolute Gasteiger partial charge is 0.480 e. The number of carbonyl (C=O) groups is 2. The van der Waals surface area contributed by atoms with Crippen LogP contribution in [0.4, 0.5) is 4.79 Å². The maximum Gasteiger partial charge on any atom is 0.407 e. The first-order valence-electron chi connectivity index (χ1n) is 9.58. The van der Waals surface area contributed by atoms with E-state index < -0.39 is 18.1 Å². The lowest BCUT2D eigenvalue weighted by molar-refractivity contribution is -0.139. The van der Waals surface area contributed by atoms with Crippen LogP contribution in [0.5, 0.6) is 0 Å². The van der Waals surface area contributed by atoms with Crippen LogP contribution < -0.4 is 5.32 Å². The van der Waals surface area contributed by atoms with E-state index in [1.807, 2.05) is 48.5 Å². The fraction of sp³-hybridized carbons (Fsp3) is 0.174. The molecule has 4 rings (SSSR count). The zero-order valence-corrected chi connectivity index (χ0v) is 17.7. The molecule has 0 spiro atoms. The third-order valence-corrected chi connectivity index (χ3v) is 5.58. The van der Waals surface area contributed by atoms with Crippen LogP contribution in [-0.2, 0) is 16.0 Å². The smallest absolute Gasteiger partial charge is 0.407 e. The summed E-state index contributed by atoms with van der Waals surface area (Å²) in [6.45, 7) is 0.0963. The van der Waals surface area contributed by atoms with Gasteiger partial charge in [-0.3, -0.25) is 0 Å². The molecule has 31 heavy (non-hydrogen) atoms. The molecule has 0 saturated carbocycles. The number of hydrogen-bond acceptors (Lipinski definition) is 4. The number of hydrogen-bond donors (Lipinski definition) is 2. The van der Waals surface area contributed by atoms with Crippen molar-refractivity contribution in [1.82, 2.24) is 10.3 Å². The van der Waals surface area contributed by atoms with Gasteiger partial charge in [0.15, 0.2) is 0 Å². The van der Waals surface area contributed by atoms with Gasteiger partial charge in [-0.25, -0.2) is 14.6 Å². The van der Waals surface area contributed by atoms with E-state index in [0.717, 1.165) is 22.3 Å². The first-order valence-corrected chi connectivity index (χ1v) is 10.3. The van der Waals surface area contributed by atoms with Gasteiger partial charge in [-0.15, -0.1) is 0 Å². The lowest BCUT2D eigenvalue weighted by Gasteiger charge is -2.17. The maximum atomic E-state index is 12.4. The Morgan fingerprint density at radius 1 is 1.00 bits per heavy atom. The van der Waals surface area contributed by atoms with E-state index in [-0.39, 0.29) is 29.3 Å². The van der Waals surface area contributed by atoms with Gasteiger partial charge in [-0.2, -0.15) is 0 Å². The average Bonchev–Trinajstić information content (AvgIpc) is 3.05. The molecule has 2 N–H and O–H groups in total. The second-order valence-electron chi connectivity index (χ2n) is 7.19. The monoisotopic (exact) mass is 456 g/mol. The number of benzene rings is 2. The van der Waals surface area contributed by atoms with Gasteiger partial charge in [0.2, 0.25) is 0 Å². The molecule has 0 radical (unpaired) electrons. The lowest BCUT2D eigenvalue weighted by Crippen LogP contribution is -2.42. The van der Waals surface area contributed by atoms with E-state index in [1.165, 1.54) is 12.1 Å². The molecule has 1 unspecified atom stereocenters. The molecule has 1 aliphatic rings. The minimum absolute atomic E-state index is 0.0124. The third-order valence-electron chi connectivity index (χ3n) is 5.20. The van der Waals surface area contributed by atoms with Gasteiger partial charge in [0.1, 0.15) is 23.0 Å². The fourth-order valence-electron chi connectivity index (χ4n) is 3.85. The van der Waals surface area contributed by atoms with Gasteiger partial charge in [0, 0.05) is 12.3 Å². The van der Waals surface area contributed by atoms with E-state index in [4.69, 9.17) is 27.9 Å². The molecule has 1 aromatic heterocycles. The average molecular weight is 457 g/mol. The number of rotatable bonds is 6. The minimum atomic E-state index is -1.20. The molecule has 1 amide bonds. The predicted molar refractivity (Wildman–Crippen MR) is 118 cm³/mol. The van der Waals surface area contributed by atoms with Gasteiger partial charge in [-0.05, 0) is 39.9 Å². The van der Waals surface area contributed by atoms with E-state index >= 15 is 0 Å². The first kappa shape index (κ1) is 21.2. The fourth-order valence-corrected chi connectivity index (χ4v) is 4.36. The zero-order valence-electron chi connectivity index (χ0n) is 16.2. The number of carboxylic acid groups (broad SMARTS) is 1. The summed E-state index contributed by atoms with van der Waals surface area (Å²) in [5.74, 6) is -1.31. The zero-order chi connectivity index (χ0) is 22.0. The van der Waals surface area contributed by atoms with Gasteiger partial charge < -0.3 is 15.2 Å². The van der Waals surface area contributed by atoms with E-state index in [2.05, 4.69) is 10.3 Å². The molecule has 1 aliphatic carbocycles. The van der Waals surface area contributed by atoms with Crippen molar-refractivity contribution in [2.45, 2.75) is 18.4 Å². The van der Waals surface area contributed by atoms with Crippen molar-refractivity contribution in [3.63, 3.8) is 0 Å². The molecule has 0 bridgehead atoms. The van der Waals surface area contributed by atoms with Gasteiger partial charge in [-0.1, -0.05) is 71.7 Å². The second kappa shape index (κ2) is 8.96. The highest BCUT2D eigenvalue weighted by molar-refractivity contribution is 6.32. The van der Waals surface area contributed by atoms with Crippen LogP contribution in [0.1, 0.15) is 22.6 Å². The summed E-state index contributed by atoms with van der Waals surface area (Å²) in [7, 11) is 0. The highest BCUT2D eigenvalue weighted by Crippen LogP contribution is 2.44. The van der Waals surface area contributed by atoms with Crippen molar-refractivity contribution in [1.29, 1.82) is 0 Å². The van der Waals surface area contributed by atoms with E-state index in [0.29, 0.717) is 5.56 Å². The molecule has 1 atom stereocenters. The molecule has 1 heterocycles. The lowest BCUT2D eigenvalue weighted by atomic mass is 9.98. The van der Waals surface area contributed by atoms with Crippen LogP contribution in [0.25, 0.3) is 11.1 Å². The molecule has 0 fully saturated rings. The molecule has 158 valence electrons. The predicted octanol–water partition coefficient (Wildman–Crippen LogP) is 4.92. The summed E-state index contributed by atoms with van der Waals surface area (Å²) in [6, 6.07) is 17.7. The Kier molecular flexibility index (Phi) is 6.11. The normalized spacial score (nSPS) is 13.2. The first-order chi connectivity index (χ1) is 14.9. The third kappa shape index (κ3) is 4.65. The quantitative estimate of drug-likeness (QED) is 0.513. The number of halogens is 2. The number of carboxylic acids is 1. The number of alkyl carbamates (subject to hydrolysis) is 1. The summed E-state index contributed by atoms with van der Waals surface area (Å²) >= 11 is 11.7. The number of aromatic nitrogens is 1. The molecular weight excluding hydrogens is 439 g/mol. The van der Waals surface area contributed by atoms with Crippen molar-refractivity contribution in [3.05, 3.63) is 87.7 Å². The Bertz CT molecular complexity index is 1090. The summed E-state index contributed by atoms with van der Waals surface area (Å²) in [5.41, 5.74) is 4.92. The number of carbonyl (C=O) groups excluding carboxylic acids is 1. The molecule has 0 aliphatic heterocycles. The van der Waals surface area contributed by atoms with Crippen LogP contribution in [0.2, 0.25) is 10.3 Å². The Labute approximate surface area is 188 Å². The molecule has 8 heteroatoms. The van der Waals surface area contributed by atoms with Crippen LogP contribution in [0.3, 0.4) is 0 Å². The number of aliphatic carboxylic acids is 1. The Morgan fingerprint density at radius 3 is 2.10 bits per heavy atom. The number of ether oxygens (including phenoxy) is 1. The Hall–Kier alpha value is -3.09. The minimum Gasteiger partial charge on any atom is -0.480 e. The summed E-state index contributed by atoms with van der Waals surface area (Å²) in [4.78, 5) is 27.9. The number of fused-ring (bicyclic) bond motifs is 3. The highest BCUT2D eigenvalue weighted by atomic mass is 35.5. The van der Waals surface area contributed by atoms with Gasteiger partial charge >= 0.3 is 12.1 Å². The summed E-state index contributed by atoms with van der Waals surface area (Å²) in [5, 5.41) is 12.2. The van der Waals surface area contributed by atoms with E-state index in [1.54, 1.807) is 0 Å². The van der Waals surface area contributed by atoms with Gasteiger partial charge in [0.05, 0.1) is 0 Å². The van der Waals surface area contributed by atoms with Gasteiger partial charge in [0.25, 0.3) is 0 Å². The molecule has 0 saturated heterocycles. The van der Waals surface area contributed by atoms with Crippen molar-refractivity contribution < 1.29 is 19.4 Å². The standard InChI is InChI=1S/C23H18Cl2N2O4/c24-20-10-13(11-21(25)27-20)9-19(22(28)29)26-23(30)31-12-18-16-7-3-1-5-14(16)15-6-2-4-8-17(15)18/h1-8,10-11,18-19H,9,12H2,(H,26,30)(H,28,29). The van der Waals surface area contributed by atoms with Crippen molar-refractivity contribution in [2.75, 3.05) is 6.61 Å². The van der Waals surface area contributed by atoms with Crippen LogP contribution >= 0.6 is 23.2 Å². The number of nitrogens with one attached hydrogen (secondary N) is 1. The number of nitrogens with zero attached hydrogens (tertiary/aromatic N) is 1. The van der Waals surface area contributed by atoms with Crippen LogP contribution in [0.15, 0.2) is 60.7 Å². The highest BCUT2D eigenvalue weighted by Gasteiger charge is 2.29. The Balaban J connectivity index is 1.44. The summed E-state index contributed by atoms with van der Waals surface area (Å²) in [6.07, 6.45) is -0.817. The maximum absolute atomic E-state index is 12.4. The van der Waals surface area contributed by atoms with Crippen LogP contribution in [-0.4, -0.2) is 34.8 Å². The number of amides is 1. The molecule has 3 aromatic rings. The molecule has 6 nitrogen and oxygen atoms in total. The Morgan fingerprint density at radius 2 is 1.55 bits per heavy atom. The topological polar surface area (TPSA) is 88.5 Å². The SMILES string of the molecule is O=C(NC(Cc1cc(Cl)nc(Cl)c1)C(=O)O)OCC1c2ccccc2-c2ccccc21. The molecular formula is C23H18Cl2N2O4. The van der Waals surface area contributed by atoms with Crippen LogP contribution in [0, 0.1) is 0 Å². The van der Waals surface area contributed by atoms with E-state index in [9.17, 15) is 14.7 Å². The molecule has 2 aromatic carbocycles. The van der Waals surface area contributed by atoms with Crippen molar-refractivity contribution >= 4 is 35.3 Å². The van der Waals surface area contributed by atoms with Crippen molar-refractivity contribution in [3.8, 4) is 11.1 Å².